The lowest BCUT2D eigenvalue weighted by atomic mass is 10.2. The van der Waals surface area contributed by atoms with Gasteiger partial charge in [0.05, 0.1) is 10.9 Å². The van der Waals surface area contributed by atoms with E-state index in [0.29, 0.717) is 16.9 Å². The third-order valence-electron chi connectivity index (χ3n) is 3.57. The minimum atomic E-state index is 0.420. The SMILES string of the molecule is CCCC1CC1n1c(CCl)nc2cc(Cl)cnc21. The van der Waals surface area contributed by atoms with Crippen LogP contribution in [0.15, 0.2) is 12.3 Å². The lowest BCUT2D eigenvalue weighted by molar-refractivity contribution is 0.603. The van der Waals surface area contributed by atoms with Crippen molar-refractivity contribution in [1.29, 1.82) is 0 Å². The zero-order valence-electron chi connectivity index (χ0n) is 10.2. The van der Waals surface area contributed by atoms with Crippen molar-refractivity contribution in [2.45, 2.75) is 38.1 Å². The number of hydrogen-bond donors (Lipinski definition) is 0. The van der Waals surface area contributed by atoms with Crippen LogP contribution in [-0.2, 0) is 5.88 Å². The van der Waals surface area contributed by atoms with E-state index < -0.39 is 0 Å². The predicted molar refractivity (Wildman–Crippen MR) is 74.1 cm³/mol. The molecule has 2 aromatic heterocycles. The maximum absolute atomic E-state index is 6.00. The molecule has 0 aliphatic heterocycles. The van der Waals surface area contributed by atoms with E-state index in [-0.39, 0.29) is 0 Å². The fourth-order valence-corrected chi connectivity index (χ4v) is 3.02. The number of imidazole rings is 1. The highest BCUT2D eigenvalue weighted by Gasteiger charge is 2.40. The number of fused-ring (bicyclic) bond motifs is 1. The molecule has 2 atom stereocenters. The molecule has 0 aromatic carbocycles. The first-order valence-corrected chi connectivity index (χ1v) is 7.24. The van der Waals surface area contributed by atoms with E-state index in [1.54, 1.807) is 6.20 Å². The fourth-order valence-electron chi connectivity index (χ4n) is 2.68. The highest BCUT2D eigenvalue weighted by Crippen LogP contribution is 2.48. The molecule has 96 valence electrons. The van der Waals surface area contributed by atoms with Gasteiger partial charge in [-0.3, -0.25) is 0 Å². The van der Waals surface area contributed by atoms with Crippen LogP contribution in [0.2, 0.25) is 5.02 Å². The van der Waals surface area contributed by atoms with E-state index >= 15 is 0 Å². The van der Waals surface area contributed by atoms with Crippen molar-refractivity contribution >= 4 is 34.4 Å². The van der Waals surface area contributed by atoms with Crippen molar-refractivity contribution in [3.63, 3.8) is 0 Å². The number of hydrogen-bond acceptors (Lipinski definition) is 2. The van der Waals surface area contributed by atoms with Gasteiger partial charge in [-0.15, -0.1) is 11.6 Å². The normalized spacial score (nSPS) is 22.6. The van der Waals surface area contributed by atoms with E-state index in [1.165, 1.54) is 19.3 Å². The number of alkyl halides is 1. The second kappa shape index (κ2) is 4.71. The molecule has 5 heteroatoms. The minimum Gasteiger partial charge on any atom is -0.308 e. The number of halogens is 2. The highest BCUT2D eigenvalue weighted by atomic mass is 35.5. The molecule has 1 saturated carbocycles. The van der Waals surface area contributed by atoms with Gasteiger partial charge in [-0.25, -0.2) is 9.97 Å². The Morgan fingerprint density at radius 3 is 3.06 bits per heavy atom. The summed E-state index contributed by atoms with van der Waals surface area (Å²) in [6, 6.07) is 2.38. The second-order valence-electron chi connectivity index (χ2n) is 4.88. The van der Waals surface area contributed by atoms with Gasteiger partial charge in [0, 0.05) is 12.2 Å². The Morgan fingerprint density at radius 1 is 1.50 bits per heavy atom. The summed E-state index contributed by atoms with van der Waals surface area (Å²) in [7, 11) is 0. The lowest BCUT2D eigenvalue weighted by Crippen LogP contribution is -2.02. The monoisotopic (exact) mass is 283 g/mol. The van der Waals surface area contributed by atoms with Crippen LogP contribution in [0.3, 0.4) is 0 Å². The maximum atomic E-state index is 6.00. The summed E-state index contributed by atoms with van der Waals surface area (Å²) >= 11 is 11.9. The van der Waals surface area contributed by atoms with Crippen molar-refractivity contribution in [3.05, 3.63) is 23.1 Å². The van der Waals surface area contributed by atoms with Gasteiger partial charge in [-0.2, -0.15) is 0 Å². The third kappa shape index (κ3) is 1.99. The number of rotatable bonds is 4. The van der Waals surface area contributed by atoms with Gasteiger partial charge in [0.1, 0.15) is 11.3 Å². The molecular weight excluding hydrogens is 269 g/mol. The summed E-state index contributed by atoms with van der Waals surface area (Å²) in [6.45, 7) is 2.22. The average molecular weight is 284 g/mol. The van der Waals surface area contributed by atoms with Crippen LogP contribution >= 0.6 is 23.2 Å². The van der Waals surface area contributed by atoms with Gasteiger partial charge in [-0.1, -0.05) is 24.9 Å². The van der Waals surface area contributed by atoms with E-state index in [9.17, 15) is 0 Å². The molecular formula is C13H15Cl2N3. The molecule has 1 aliphatic carbocycles. The number of nitrogens with zero attached hydrogens (tertiary/aromatic N) is 3. The quantitative estimate of drug-likeness (QED) is 0.788. The molecule has 18 heavy (non-hydrogen) atoms. The summed E-state index contributed by atoms with van der Waals surface area (Å²) < 4.78 is 2.21. The first-order valence-electron chi connectivity index (χ1n) is 6.33. The summed E-state index contributed by atoms with van der Waals surface area (Å²) in [5, 5.41) is 0.620. The van der Waals surface area contributed by atoms with Crippen LogP contribution in [0.25, 0.3) is 11.2 Å². The molecule has 0 radical (unpaired) electrons. The second-order valence-corrected chi connectivity index (χ2v) is 5.58. The van der Waals surface area contributed by atoms with Crippen molar-refractivity contribution in [3.8, 4) is 0 Å². The largest absolute Gasteiger partial charge is 0.308 e. The number of aromatic nitrogens is 3. The van der Waals surface area contributed by atoms with E-state index in [4.69, 9.17) is 23.2 Å². The molecule has 1 aliphatic rings. The Morgan fingerprint density at radius 2 is 2.33 bits per heavy atom. The van der Waals surface area contributed by atoms with Gasteiger partial charge < -0.3 is 4.57 Å². The molecule has 0 spiro atoms. The summed E-state index contributed by atoms with van der Waals surface area (Å²) in [5.41, 5.74) is 1.76. The predicted octanol–water partition coefficient (Wildman–Crippen LogP) is 4.18. The molecule has 0 bridgehead atoms. The van der Waals surface area contributed by atoms with E-state index in [0.717, 1.165) is 22.9 Å². The van der Waals surface area contributed by atoms with Crippen LogP contribution in [0.5, 0.6) is 0 Å². The van der Waals surface area contributed by atoms with Gasteiger partial charge in [0.15, 0.2) is 5.65 Å². The van der Waals surface area contributed by atoms with Crippen LogP contribution in [0.4, 0.5) is 0 Å². The zero-order valence-corrected chi connectivity index (χ0v) is 11.7. The van der Waals surface area contributed by atoms with Crippen LogP contribution in [0, 0.1) is 5.92 Å². The topological polar surface area (TPSA) is 30.7 Å². The first kappa shape index (κ1) is 12.2. The van der Waals surface area contributed by atoms with Crippen molar-refractivity contribution < 1.29 is 0 Å². The minimum absolute atomic E-state index is 0.420. The van der Waals surface area contributed by atoms with E-state index in [1.807, 2.05) is 6.07 Å². The van der Waals surface area contributed by atoms with Crippen molar-refractivity contribution in [2.24, 2.45) is 5.92 Å². The first-order chi connectivity index (χ1) is 8.74. The molecule has 2 aromatic rings. The molecule has 0 saturated heterocycles. The lowest BCUT2D eigenvalue weighted by Gasteiger charge is -2.06. The maximum Gasteiger partial charge on any atom is 0.160 e. The molecule has 2 unspecified atom stereocenters. The summed E-state index contributed by atoms with van der Waals surface area (Å²) in [5.74, 6) is 2.08. The number of pyridine rings is 1. The van der Waals surface area contributed by atoms with Crippen LogP contribution < -0.4 is 0 Å². The Labute approximate surface area is 116 Å². The molecule has 0 amide bonds. The van der Waals surface area contributed by atoms with E-state index in [2.05, 4.69) is 21.5 Å². The van der Waals surface area contributed by atoms with Crippen LogP contribution in [0.1, 0.15) is 38.1 Å². The van der Waals surface area contributed by atoms with Crippen molar-refractivity contribution in [2.75, 3.05) is 0 Å². The average Bonchev–Trinajstić information content (AvgIpc) is 3.01. The Bertz CT molecular complexity index is 579. The third-order valence-corrected chi connectivity index (χ3v) is 4.01. The Kier molecular flexibility index (Phi) is 3.20. The highest BCUT2D eigenvalue weighted by molar-refractivity contribution is 6.31. The standard InChI is InChI=1S/C13H15Cl2N3/c1-2-3-8-4-11(8)18-12(6-14)17-10-5-9(15)7-16-13(10)18/h5,7-8,11H,2-4,6H2,1H3. The van der Waals surface area contributed by atoms with Crippen molar-refractivity contribution in [1.82, 2.24) is 14.5 Å². The molecule has 3 nitrogen and oxygen atoms in total. The molecule has 3 rings (SSSR count). The van der Waals surface area contributed by atoms with Gasteiger partial charge in [0.2, 0.25) is 0 Å². The summed E-state index contributed by atoms with van der Waals surface area (Å²) in [4.78, 5) is 8.95. The summed E-state index contributed by atoms with van der Waals surface area (Å²) in [6.07, 6.45) is 5.38. The molecule has 1 fully saturated rings. The smallest absolute Gasteiger partial charge is 0.160 e. The molecule has 0 N–H and O–H groups in total. The van der Waals surface area contributed by atoms with Gasteiger partial charge in [0.25, 0.3) is 0 Å². The molecule has 2 heterocycles. The van der Waals surface area contributed by atoms with Gasteiger partial charge >= 0.3 is 0 Å². The fraction of sp³-hybridized carbons (Fsp3) is 0.538. The van der Waals surface area contributed by atoms with Crippen LogP contribution in [-0.4, -0.2) is 14.5 Å². The Balaban J connectivity index is 2.04. The zero-order chi connectivity index (χ0) is 12.7. The Hall–Kier alpha value is -0.800. The van der Waals surface area contributed by atoms with Gasteiger partial charge in [-0.05, 0) is 24.8 Å².